The Kier molecular flexibility index (Phi) is 41.7. The Morgan fingerprint density at radius 2 is 0.418 bits per heavy atom. The van der Waals surface area contributed by atoms with Crippen molar-refractivity contribution >= 4 is 5.97 Å². The minimum absolute atomic E-state index is 0.000545. The number of hydrogen-bond donors (Lipinski definition) is 1. The third kappa shape index (κ3) is 32.1. The van der Waals surface area contributed by atoms with Gasteiger partial charge in [-0.05, 0) is 79.6 Å². The van der Waals surface area contributed by atoms with Crippen LogP contribution in [0.2, 0.25) is 0 Å². The first-order chi connectivity index (χ1) is 69.7. The van der Waals surface area contributed by atoms with Crippen molar-refractivity contribution in [2.45, 2.75) is 247 Å². The predicted octanol–water partition coefficient (Wildman–Crippen LogP) is 19.9. The molecule has 141 heavy (non-hydrogen) atoms. The maximum absolute atomic E-state index is 14.0. The number of ether oxygens (including phenoxy) is 21. The summed E-state index contributed by atoms with van der Waals surface area (Å²) >= 11 is 0. The van der Waals surface area contributed by atoms with Gasteiger partial charge in [-0.1, -0.05) is 390 Å². The average molecular weight is 1920 g/mol. The third-order valence-corrected chi connectivity index (χ3v) is 25.4. The van der Waals surface area contributed by atoms with E-state index in [9.17, 15) is 9.90 Å². The molecular weight excluding hydrogens is 1790 g/mol. The highest BCUT2D eigenvalue weighted by atomic mass is 16.8. The van der Waals surface area contributed by atoms with Crippen molar-refractivity contribution in [2.75, 3.05) is 40.1 Å². The number of aliphatic hydroxyl groups is 1. The quantitative estimate of drug-likeness (QED) is 0.0276. The van der Waals surface area contributed by atoms with E-state index in [4.69, 9.17) is 99.5 Å². The number of esters is 1. The summed E-state index contributed by atoms with van der Waals surface area (Å²) < 4.78 is 155. The second kappa shape index (κ2) is 56.9. The second-order valence-corrected chi connectivity index (χ2v) is 35.9. The molecule has 4 aliphatic heterocycles. The lowest BCUT2D eigenvalue weighted by Crippen LogP contribution is -2.69. The van der Waals surface area contributed by atoms with E-state index in [0.717, 1.165) is 92.4 Å². The number of benzene rings is 12. The fourth-order valence-corrected chi connectivity index (χ4v) is 18.0. The Bertz CT molecular complexity index is 5380. The topological polar surface area (TPSA) is 231 Å². The molecule has 12 aromatic carbocycles. The molecule has 16 rings (SSSR count). The molecule has 8 unspecified atom stereocenters. The number of carbonyl (C=O) groups excluding carboxylic acids is 1. The number of carbonyl (C=O) groups is 1. The van der Waals surface area contributed by atoms with Crippen LogP contribution in [0.3, 0.4) is 0 Å². The van der Waals surface area contributed by atoms with Crippen LogP contribution >= 0.6 is 0 Å². The molecule has 1 N–H and O–H groups in total. The van der Waals surface area contributed by atoms with Gasteiger partial charge in [0.1, 0.15) is 97.7 Å². The molecule has 0 amide bonds. The largest absolute Gasteiger partial charge is 0.469 e. The molecule has 0 bridgehead atoms. The second-order valence-electron chi connectivity index (χ2n) is 35.9. The van der Waals surface area contributed by atoms with Gasteiger partial charge in [0.2, 0.25) is 0 Å². The minimum Gasteiger partial charge on any atom is -0.469 e. The zero-order valence-electron chi connectivity index (χ0n) is 80.1. The molecule has 4 saturated heterocycles. The van der Waals surface area contributed by atoms with Gasteiger partial charge in [-0.25, -0.2) is 0 Å². The minimum atomic E-state index is -1.66. The first kappa shape index (κ1) is 103. The van der Waals surface area contributed by atoms with E-state index < -0.39 is 123 Å². The maximum Gasteiger partial charge on any atom is 0.305 e. The van der Waals surface area contributed by atoms with Crippen LogP contribution in [-0.4, -0.2) is 174 Å². The van der Waals surface area contributed by atoms with Crippen molar-refractivity contribution in [1.82, 2.24) is 0 Å². The van der Waals surface area contributed by atoms with Crippen LogP contribution in [0.25, 0.3) is 0 Å². The van der Waals surface area contributed by atoms with Crippen LogP contribution in [0.15, 0.2) is 364 Å². The lowest BCUT2D eigenvalue weighted by atomic mass is 9.94. The Labute approximate surface area is 828 Å². The number of rotatable bonds is 56. The van der Waals surface area contributed by atoms with E-state index in [1.165, 1.54) is 7.11 Å². The molecule has 23 heteroatoms. The molecule has 0 spiro atoms. The van der Waals surface area contributed by atoms with Gasteiger partial charge in [0, 0.05) is 13.0 Å². The number of hydrogen-bond acceptors (Lipinski definition) is 23. The van der Waals surface area contributed by atoms with Crippen molar-refractivity contribution < 1.29 is 109 Å². The zero-order valence-corrected chi connectivity index (χ0v) is 80.1. The van der Waals surface area contributed by atoms with Crippen LogP contribution in [0.5, 0.6) is 0 Å². The summed E-state index contributed by atoms with van der Waals surface area (Å²) in [5.74, 6) is -0.226. The molecule has 4 fully saturated rings. The number of aliphatic hydroxyl groups excluding tert-OH is 1. The summed E-state index contributed by atoms with van der Waals surface area (Å²) in [4.78, 5) is 12.2. The zero-order chi connectivity index (χ0) is 96.3. The molecule has 23 nitrogen and oxygen atoms in total. The van der Waals surface area contributed by atoms with E-state index in [-0.39, 0.29) is 118 Å². The van der Waals surface area contributed by atoms with Gasteiger partial charge in [0.05, 0.1) is 113 Å². The molecule has 12 aromatic rings. The summed E-state index contributed by atoms with van der Waals surface area (Å²) in [6.07, 6.45) is -19.8. The van der Waals surface area contributed by atoms with Crippen LogP contribution in [-0.2, 0) is 184 Å². The molecule has 0 aromatic heterocycles. The van der Waals surface area contributed by atoms with E-state index in [1.807, 2.05) is 364 Å². The van der Waals surface area contributed by atoms with Crippen molar-refractivity contribution in [2.24, 2.45) is 0 Å². The van der Waals surface area contributed by atoms with Gasteiger partial charge in [0.25, 0.3) is 0 Å². The van der Waals surface area contributed by atoms with E-state index in [0.29, 0.717) is 19.3 Å². The first-order valence-corrected chi connectivity index (χ1v) is 49.4. The fraction of sp³-hybridized carbons (Fsp3) is 0.381. The van der Waals surface area contributed by atoms with Gasteiger partial charge in [-0.2, -0.15) is 0 Å². The van der Waals surface area contributed by atoms with Crippen molar-refractivity contribution in [3.63, 3.8) is 0 Å². The van der Waals surface area contributed by atoms with Crippen molar-refractivity contribution in [3.8, 4) is 0 Å². The molecule has 0 saturated carbocycles. The summed E-state index contributed by atoms with van der Waals surface area (Å²) in [6.45, 7) is 1.31. The summed E-state index contributed by atoms with van der Waals surface area (Å²) in [6, 6.07) is 119. The Balaban J connectivity index is 0.871. The maximum atomic E-state index is 14.0. The molecule has 4 aliphatic rings. The Morgan fingerprint density at radius 1 is 0.220 bits per heavy atom. The van der Waals surface area contributed by atoms with Gasteiger partial charge in [0.15, 0.2) is 25.2 Å². The standard InChI is InChI=1S/C118H132O23/c1-121-102(119)68-42-4-2-3-5-43-69-126-116-112(109(132-79-95-62-36-15-37-63-95)105(128-75-91-54-28-11-29-55-91)99(136-116)83-123-71-87-46-20-7-21-47-87)140-118-114(111(134-81-97-66-40-17-41-67-97)107(130-77-93-58-32-13-33-59-93)101(138-118)85-125-73-89-50-24-9-25-51-89)141-117-113(110(133-80-96-64-38-16-39-65-96)106(129-76-92-56-30-12-31-57-92)100(137-117)84-124-72-88-48-22-8-23-49-88)139-115-103(120)108(131-78-94-60-34-14-35-61-94)104(127-74-90-52-26-10-27-53-90)98(135-115)82-122-70-86-44-18-6-19-45-86/h6-41,44-67,98-101,103-118,120H,2-5,42-43,68-85H2,1H3/t98?,99?,100?,101?,103?,104-,105-,106-,107+,108-,109+,110+,111+,112?,113?,114?,115+,116+,117+,118+/m0/s1. The van der Waals surface area contributed by atoms with E-state index >= 15 is 0 Å². The molecule has 4 heterocycles. The Morgan fingerprint density at radius 3 is 0.681 bits per heavy atom. The van der Waals surface area contributed by atoms with Gasteiger partial charge < -0.3 is 105 Å². The highest BCUT2D eigenvalue weighted by molar-refractivity contribution is 5.69. The molecule has 0 radical (unpaired) electrons. The normalized spacial score (nSPS) is 24.6. The highest BCUT2D eigenvalue weighted by Gasteiger charge is 2.60. The van der Waals surface area contributed by atoms with Crippen LogP contribution in [0.1, 0.15) is 112 Å². The lowest BCUT2D eigenvalue weighted by Gasteiger charge is -2.52. The van der Waals surface area contributed by atoms with Crippen LogP contribution < -0.4 is 0 Å². The first-order valence-electron chi connectivity index (χ1n) is 49.4. The Hall–Kier alpha value is -10.7. The van der Waals surface area contributed by atoms with Crippen LogP contribution in [0.4, 0.5) is 0 Å². The van der Waals surface area contributed by atoms with Crippen molar-refractivity contribution in [3.05, 3.63) is 431 Å². The molecular formula is C118H132O23. The number of unbranched alkanes of at least 4 members (excludes halogenated alkanes) is 5. The van der Waals surface area contributed by atoms with E-state index in [2.05, 4.69) is 0 Å². The summed E-state index contributed by atoms with van der Waals surface area (Å²) in [7, 11) is 1.42. The smallest absolute Gasteiger partial charge is 0.305 e. The highest BCUT2D eigenvalue weighted by Crippen LogP contribution is 2.42. The lowest BCUT2D eigenvalue weighted by molar-refractivity contribution is -0.416. The third-order valence-electron chi connectivity index (χ3n) is 25.4. The van der Waals surface area contributed by atoms with Gasteiger partial charge in [-0.15, -0.1) is 0 Å². The predicted molar refractivity (Wildman–Crippen MR) is 530 cm³/mol. The van der Waals surface area contributed by atoms with Crippen molar-refractivity contribution in [1.29, 1.82) is 0 Å². The monoisotopic (exact) mass is 1920 g/mol. The van der Waals surface area contributed by atoms with Crippen LogP contribution in [0, 0.1) is 0 Å². The SMILES string of the molecule is COC(=O)CCCCCCCCO[C@@H]1OC(COCc2ccccc2)[C@H](OCc2ccccc2)[C@@H](OCc2ccccc2)C1O[C@H]1OC(COCc2ccccc2)[C@@H](OCc2ccccc2)[C@@H](OCc2ccccc2)C1O[C@H]1OC(COCc2ccccc2)[C@H](OCc2ccccc2)[C@@H](OCc2ccccc2)C1O[C@H]1OC(COCc2ccccc2)[C@H](OCc2ccccc2)[C@@H](OCc2ccccc2)C1O. The fourth-order valence-electron chi connectivity index (χ4n) is 18.0. The number of methoxy groups -OCH3 is 1. The van der Waals surface area contributed by atoms with E-state index in [1.54, 1.807) is 0 Å². The van der Waals surface area contributed by atoms with Gasteiger partial charge in [-0.3, -0.25) is 4.79 Å². The average Bonchev–Trinajstić information content (AvgIpc) is 0.753. The molecule has 20 atom stereocenters. The molecule has 0 aliphatic carbocycles. The summed E-state index contributed by atoms with van der Waals surface area (Å²) in [5.41, 5.74) is 10.5. The van der Waals surface area contributed by atoms with Gasteiger partial charge >= 0.3 is 5.97 Å². The summed E-state index contributed by atoms with van der Waals surface area (Å²) in [5, 5.41) is 14.0. The molecule has 742 valence electrons.